The monoisotopic (exact) mass is 436 g/mol. The van der Waals surface area contributed by atoms with Crippen LogP contribution in [-0.4, -0.2) is 18.2 Å². The third-order valence-electron chi connectivity index (χ3n) is 3.83. The molecule has 3 nitrogen and oxygen atoms in total. The van der Waals surface area contributed by atoms with E-state index in [-0.39, 0.29) is 16.0 Å². The van der Waals surface area contributed by atoms with E-state index in [1.807, 2.05) is 0 Å². The van der Waals surface area contributed by atoms with E-state index in [0.29, 0.717) is 24.5 Å². The van der Waals surface area contributed by atoms with Crippen molar-refractivity contribution in [2.75, 3.05) is 7.11 Å². The molecule has 0 fully saturated rings. The Morgan fingerprint density at radius 1 is 1.07 bits per heavy atom. The van der Waals surface area contributed by atoms with Crippen LogP contribution in [0.3, 0.4) is 0 Å². The Morgan fingerprint density at radius 3 is 2.28 bits per heavy atom. The summed E-state index contributed by atoms with van der Waals surface area (Å²) in [4.78, 5) is 12.1. The Morgan fingerprint density at radius 2 is 1.72 bits per heavy atom. The van der Waals surface area contributed by atoms with Gasteiger partial charge < -0.3 is 9.84 Å². The maximum absolute atomic E-state index is 13.2. The second kappa shape index (κ2) is 8.81. The van der Waals surface area contributed by atoms with Gasteiger partial charge in [0.05, 0.1) is 24.5 Å². The van der Waals surface area contributed by atoms with Crippen LogP contribution in [0.2, 0.25) is 0 Å². The van der Waals surface area contributed by atoms with Crippen LogP contribution >= 0.6 is 11.8 Å². The van der Waals surface area contributed by atoms with Gasteiger partial charge >= 0.3 is 18.3 Å². The quantitative estimate of drug-likeness (QED) is 0.203. The fourth-order valence-electron chi connectivity index (χ4n) is 2.48. The van der Waals surface area contributed by atoms with Crippen LogP contribution in [0.4, 0.5) is 26.3 Å². The molecule has 0 saturated heterocycles. The van der Waals surface area contributed by atoms with Gasteiger partial charge in [0, 0.05) is 16.2 Å². The molecular weight excluding hydrogens is 422 g/mol. The van der Waals surface area contributed by atoms with Crippen LogP contribution in [0.15, 0.2) is 53.6 Å². The van der Waals surface area contributed by atoms with E-state index < -0.39 is 40.8 Å². The number of halogens is 6. The number of carbonyl (C=O) groups is 1. The fourth-order valence-corrected chi connectivity index (χ4v) is 3.54. The van der Waals surface area contributed by atoms with Gasteiger partial charge in [-0.1, -0.05) is 18.2 Å². The first kappa shape index (κ1) is 22.7. The van der Waals surface area contributed by atoms with Crippen LogP contribution in [0.1, 0.15) is 22.3 Å². The molecule has 2 rings (SSSR count). The molecule has 0 spiro atoms. The van der Waals surface area contributed by atoms with Crippen LogP contribution in [0, 0.1) is 0 Å². The lowest BCUT2D eigenvalue weighted by Crippen LogP contribution is -2.12. The smallest absolute Gasteiger partial charge is 0.416 e. The van der Waals surface area contributed by atoms with Crippen molar-refractivity contribution in [2.45, 2.75) is 23.0 Å². The normalized spacial score (nSPS) is 12.7. The number of aliphatic hydroxyl groups is 1. The maximum Gasteiger partial charge on any atom is 0.416 e. The van der Waals surface area contributed by atoms with E-state index in [4.69, 9.17) is 0 Å². The highest BCUT2D eigenvalue weighted by atomic mass is 32.2. The molecule has 2 aromatic carbocycles. The zero-order valence-corrected chi connectivity index (χ0v) is 15.6. The zero-order chi connectivity index (χ0) is 21.8. The van der Waals surface area contributed by atoms with Gasteiger partial charge in [-0.15, -0.1) is 11.8 Å². The molecule has 0 atom stereocenters. The molecule has 0 aromatic heterocycles. The lowest BCUT2D eigenvalue weighted by Gasteiger charge is -2.16. The average molecular weight is 436 g/mol. The van der Waals surface area contributed by atoms with E-state index in [1.165, 1.54) is 24.3 Å². The molecule has 0 amide bonds. The Balaban J connectivity index is 2.43. The van der Waals surface area contributed by atoms with Gasteiger partial charge in [-0.25, -0.2) is 4.79 Å². The Hall–Kier alpha value is -2.62. The summed E-state index contributed by atoms with van der Waals surface area (Å²) in [6.45, 7) is 0. The lowest BCUT2D eigenvalue weighted by atomic mass is 10.0. The van der Waals surface area contributed by atoms with Crippen molar-refractivity contribution in [2.24, 2.45) is 0 Å². The summed E-state index contributed by atoms with van der Waals surface area (Å²) in [5.41, 5.74) is -3.00. The number of methoxy groups -OCH3 is 1. The molecule has 156 valence electrons. The number of esters is 1. The maximum atomic E-state index is 13.2. The molecule has 0 aliphatic heterocycles. The predicted molar refractivity (Wildman–Crippen MR) is 95.1 cm³/mol. The number of carbonyl (C=O) groups excluding carboxylic acids is 1. The van der Waals surface area contributed by atoms with Gasteiger partial charge in [-0.2, -0.15) is 26.3 Å². The molecule has 2 aromatic rings. The van der Waals surface area contributed by atoms with Gasteiger partial charge in [0.1, 0.15) is 5.57 Å². The number of rotatable bonds is 5. The van der Waals surface area contributed by atoms with Crippen molar-refractivity contribution in [3.8, 4) is 0 Å². The first-order valence-corrected chi connectivity index (χ1v) is 8.89. The molecule has 29 heavy (non-hydrogen) atoms. The van der Waals surface area contributed by atoms with Crippen molar-refractivity contribution in [1.82, 2.24) is 0 Å². The number of alkyl halides is 6. The van der Waals surface area contributed by atoms with Gasteiger partial charge in [0.2, 0.25) is 0 Å². The largest absolute Gasteiger partial charge is 0.515 e. The highest BCUT2D eigenvalue weighted by molar-refractivity contribution is 7.98. The summed E-state index contributed by atoms with van der Waals surface area (Å²) >= 11 is 0.794. The zero-order valence-electron chi connectivity index (χ0n) is 14.8. The predicted octanol–water partition coefficient (Wildman–Crippen LogP) is 6.09. The first-order valence-electron chi connectivity index (χ1n) is 7.91. The first-order chi connectivity index (χ1) is 13.5. The SMILES string of the molecule is COC(=O)/C(=C/O)c1ccccc1SCc1cc(C(F)(F)F)ccc1C(F)(F)F. The molecule has 1 N–H and O–H groups in total. The topological polar surface area (TPSA) is 46.5 Å². The standard InChI is InChI=1S/C19H14F6O3S/c1-28-17(27)14(9-26)13-4-2-3-5-16(13)29-10-11-8-12(18(20,21)22)6-7-15(11)19(23,24)25/h2-9,26H,10H2,1H3/b14-9+. The van der Waals surface area contributed by atoms with Gasteiger partial charge in [-0.05, 0) is 29.8 Å². The van der Waals surface area contributed by atoms with Crippen molar-refractivity contribution >= 4 is 23.3 Å². The van der Waals surface area contributed by atoms with E-state index in [2.05, 4.69) is 4.74 Å². The van der Waals surface area contributed by atoms with Crippen molar-refractivity contribution < 1.29 is 41.0 Å². The van der Waals surface area contributed by atoms with Crippen molar-refractivity contribution in [1.29, 1.82) is 0 Å². The van der Waals surface area contributed by atoms with Crippen molar-refractivity contribution in [3.63, 3.8) is 0 Å². The summed E-state index contributed by atoms with van der Waals surface area (Å²) in [5, 5.41) is 9.32. The van der Waals surface area contributed by atoms with Crippen LogP contribution in [-0.2, 0) is 27.6 Å². The minimum absolute atomic E-state index is 0.174. The number of hydrogen-bond donors (Lipinski definition) is 1. The second-order valence-corrected chi connectivity index (χ2v) is 6.70. The molecule has 0 saturated carbocycles. The van der Waals surface area contributed by atoms with E-state index in [9.17, 15) is 36.2 Å². The van der Waals surface area contributed by atoms with E-state index in [0.717, 1.165) is 18.9 Å². The summed E-state index contributed by atoms with van der Waals surface area (Å²) in [5.74, 6) is -1.33. The van der Waals surface area contributed by atoms with Crippen LogP contribution in [0.25, 0.3) is 5.57 Å². The molecule has 0 heterocycles. The lowest BCUT2D eigenvalue weighted by molar-refractivity contribution is -0.141. The number of thioether (sulfide) groups is 1. The Labute approximate surface area is 166 Å². The van der Waals surface area contributed by atoms with Crippen molar-refractivity contribution in [3.05, 3.63) is 71.0 Å². The molecule has 10 heteroatoms. The molecule has 0 radical (unpaired) electrons. The molecule has 0 unspecified atom stereocenters. The molecule has 0 aliphatic rings. The number of ether oxygens (including phenoxy) is 1. The van der Waals surface area contributed by atoms with Crippen LogP contribution < -0.4 is 0 Å². The van der Waals surface area contributed by atoms with Crippen LogP contribution in [0.5, 0.6) is 0 Å². The third-order valence-corrected chi connectivity index (χ3v) is 4.96. The molecular formula is C19H14F6O3S. The summed E-state index contributed by atoms with van der Waals surface area (Å²) < 4.78 is 83.0. The summed E-state index contributed by atoms with van der Waals surface area (Å²) in [7, 11) is 1.08. The second-order valence-electron chi connectivity index (χ2n) is 5.69. The molecule has 0 bridgehead atoms. The Kier molecular flexibility index (Phi) is 6.89. The Bertz CT molecular complexity index is 919. The summed E-state index contributed by atoms with van der Waals surface area (Å²) in [6.07, 6.45) is -9.13. The van der Waals surface area contributed by atoms with Gasteiger partial charge in [-0.3, -0.25) is 0 Å². The minimum atomic E-state index is -4.83. The van der Waals surface area contributed by atoms with E-state index >= 15 is 0 Å². The average Bonchev–Trinajstić information content (AvgIpc) is 2.65. The number of hydrogen-bond acceptors (Lipinski definition) is 4. The van der Waals surface area contributed by atoms with Gasteiger partial charge in [0.15, 0.2) is 0 Å². The minimum Gasteiger partial charge on any atom is -0.515 e. The highest BCUT2D eigenvalue weighted by Crippen LogP contribution is 2.39. The number of aliphatic hydroxyl groups excluding tert-OH is 1. The summed E-state index contributed by atoms with van der Waals surface area (Å²) in [6, 6.07) is 7.20. The number of benzene rings is 2. The molecule has 0 aliphatic carbocycles. The van der Waals surface area contributed by atoms with E-state index in [1.54, 1.807) is 0 Å². The highest BCUT2D eigenvalue weighted by Gasteiger charge is 2.37. The third kappa shape index (κ3) is 5.47. The van der Waals surface area contributed by atoms with Gasteiger partial charge in [0.25, 0.3) is 0 Å². The fraction of sp³-hybridized carbons (Fsp3) is 0.211.